The van der Waals surface area contributed by atoms with Gasteiger partial charge in [0.05, 0.1) is 10.0 Å². The zero-order valence-electron chi connectivity index (χ0n) is 19.2. The molecule has 0 saturated heterocycles. The minimum Gasteiger partial charge on any atom is -0.457 e. The van der Waals surface area contributed by atoms with Gasteiger partial charge >= 0.3 is 0 Å². The van der Waals surface area contributed by atoms with Gasteiger partial charge < -0.3 is 8.83 Å². The lowest BCUT2D eigenvalue weighted by Gasteiger charge is -2.22. The van der Waals surface area contributed by atoms with Crippen molar-refractivity contribution in [3.63, 3.8) is 0 Å². The van der Waals surface area contributed by atoms with E-state index in [0.29, 0.717) is 78.2 Å². The van der Waals surface area contributed by atoms with E-state index in [1.54, 1.807) is 48.6 Å². The van der Waals surface area contributed by atoms with Gasteiger partial charge in [0.25, 0.3) is 0 Å². The van der Waals surface area contributed by atoms with E-state index >= 15 is 0 Å². The van der Waals surface area contributed by atoms with Gasteiger partial charge in [-0.2, -0.15) is 0 Å². The molecule has 0 atom stereocenters. The Bertz CT molecular complexity index is 1410. The lowest BCUT2D eigenvalue weighted by atomic mass is 9.81. The number of hydrogen-bond donors (Lipinski definition) is 0. The number of halogens is 4. The number of carbonyl (C=O) groups is 1. The summed E-state index contributed by atoms with van der Waals surface area (Å²) in [5, 5.41) is 2.21. The predicted octanol–water partition coefficient (Wildman–Crippen LogP) is 10.3. The maximum Gasteiger partial charge on any atom is 0.185 e. The topological polar surface area (TPSA) is 43.4 Å². The Morgan fingerprint density at radius 2 is 1.14 bits per heavy atom. The van der Waals surface area contributed by atoms with E-state index in [9.17, 15) is 4.79 Å². The fraction of sp³-hybridized carbons (Fsp3) is 0.138. The second-order valence-corrected chi connectivity index (χ2v) is 10.5. The van der Waals surface area contributed by atoms with Crippen LogP contribution in [-0.4, -0.2) is 5.78 Å². The van der Waals surface area contributed by atoms with E-state index in [2.05, 4.69) is 6.92 Å². The minimum atomic E-state index is -0.0226. The largest absolute Gasteiger partial charge is 0.457 e. The minimum absolute atomic E-state index is 0.0226. The highest BCUT2D eigenvalue weighted by Gasteiger charge is 2.26. The molecule has 0 N–H and O–H groups in total. The third-order valence-electron chi connectivity index (χ3n) is 5.99. The lowest BCUT2D eigenvalue weighted by molar-refractivity contribution is -0.113. The van der Waals surface area contributed by atoms with Crippen LogP contribution in [-0.2, 0) is 4.79 Å². The highest BCUT2D eigenvalue weighted by atomic mass is 35.5. The maximum atomic E-state index is 13.3. The predicted molar refractivity (Wildman–Crippen MR) is 148 cm³/mol. The molecule has 1 aliphatic rings. The molecule has 0 unspecified atom stereocenters. The third kappa shape index (κ3) is 5.35. The molecule has 0 radical (unpaired) electrons. The Morgan fingerprint density at radius 3 is 1.58 bits per heavy atom. The fourth-order valence-corrected chi connectivity index (χ4v) is 5.10. The lowest BCUT2D eigenvalue weighted by Crippen LogP contribution is -2.18. The molecule has 0 spiro atoms. The molecule has 2 aromatic heterocycles. The van der Waals surface area contributed by atoms with E-state index in [0.717, 1.165) is 0 Å². The number of furan rings is 2. The van der Waals surface area contributed by atoms with Gasteiger partial charge in [0.2, 0.25) is 0 Å². The Kier molecular flexibility index (Phi) is 7.18. The summed E-state index contributed by atoms with van der Waals surface area (Å²) in [6.07, 6.45) is 4.91. The van der Waals surface area contributed by atoms with Crippen LogP contribution < -0.4 is 0 Å². The van der Waals surface area contributed by atoms with Crippen LogP contribution in [0.25, 0.3) is 34.8 Å². The molecule has 2 heterocycles. The van der Waals surface area contributed by atoms with Gasteiger partial charge in [0.1, 0.15) is 23.0 Å². The van der Waals surface area contributed by atoms with Crippen LogP contribution in [0.15, 0.2) is 80.6 Å². The second kappa shape index (κ2) is 10.4. The molecule has 1 fully saturated rings. The van der Waals surface area contributed by atoms with Crippen molar-refractivity contribution in [2.45, 2.75) is 19.8 Å². The summed E-state index contributed by atoms with van der Waals surface area (Å²) in [4.78, 5) is 13.3. The molecule has 0 bridgehead atoms. The number of hydrogen-bond acceptors (Lipinski definition) is 3. The molecular formula is C29H20Cl4O3. The molecule has 2 aromatic carbocycles. The van der Waals surface area contributed by atoms with Crippen molar-refractivity contribution in [3.05, 3.63) is 103 Å². The molecule has 1 saturated carbocycles. The van der Waals surface area contributed by atoms with Gasteiger partial charge in [0.15, 0.2) is 5.78 Å². The molecular weight excluding hydrogens is 538 g/mol. The van der Waals surface area contributed by atoms with E-state index in [4.69, 9.17) is 55.2 Å². The van der Waals surface area contributed by atoms with Gasteiger partial charge in [0, 0.05) is 32.3 Å². The fourth-order valence-electron chi connectivity index (χ4n) is 4.33. The first kappa shape index (κ1) is 25.0. The molecule has 7 heteroatoms. The van der Waals surface area contributed by atoms with Gasteiger partial charge in [-0.05, 0) is 91.6 Å². The van der Waals surface area contributed by atoms with Gasteiger partial charge in [-0.3, -0.25) is 4.79 Å². The van der Waals surface area contributed by atoms with Crippen molar-refractivity contribution in [1.29, 1.82) is 0 Å². The highest BCUT2D eigenvalue weighted by Crippen LogP contribution is 2.36. The second-order valence-electron chi connectivity index (χ2n) is 8.83. The zero-order valence-corrected chi connectivity index (χ0v) is 22.2. The monoisotopic (exact) mass is 556 g/mol. The van der Waals surface area contributed by atoms with Gasteiger partial charge in [-0.1, -0.05) is 53.3 Å². The summed E-state index contributed by atoms with van der Waals surface area (Å²) in [5.74, 6) is 2.59. The van der Waals surface area contributed by atoms with E-state index in [1.165, 1.54) is 0 Å². The Balaban J connectivity index is 1.42. The number of Topliss-reactive ketones (excluding diaryl/α,β-unsaturated/α-hetero) is 1. The van der Waals surface area contributed by atoms with Crippen molar-refractivity contribution in [3.8, 4) is 22.6 Å². The van der Waals surface area contributed by atoms with Crippen LogP contribution in [0.3, 0.4) is 0 Å². The summed E-state index contributed by atoms with van der Waals surface area (Å²) in [6.45, 7) is 2.12. The molecule has 182 valence electrons. The van der Waals surface area contributed by atoms with E-state index < -0.39 is 0 Å². The van der Waals surface area contributed by atoms with Crippen LogP contribution in [0.4, 0.5) is 0 Å². The summed E-state index contributed by atoms with van der Waals surface area (Å²) in [6, 6.07) is 17.7. The molecule has 0 aliphatic heterocycles. The van der Waals surface area contributed by atoms with Crippen molar-refractivity contribution in [1.82, 2.24) is 0 Å². The molecule has 1 aliphatic carbocycles. The average molecular weight is 558 g/mol. The van der Waals surface area contributed by atoms with Crippen molar-refractivity contribution < 1.29 is 13.6 Å². The number of allylic oxidation sites excluding steroid dienone is 2. The molecule has 5 rings (SSSR count). The van der Waals surface area contributed by atoms with Gasteiger partial charge in [-0.25, -0.2) is 0 Å². The maximum absolute atomic E-state index is 13.3. The van der Waals surface area contributed by atoms with Crippen LogP contribution in [0.1, 0.15) is 31.3 Å². The summed E-state index contributed by atoms with van der Waals surface area (Å²) in [7, 11) is 0. The summed E-state index contributed by atoms with van der Waals surface area (Å²) >= 11 is 24.8. The average Bonchev–Trinajstić information content (AvgIpc) is 3.50. The standard InChI is InChI=1S/C29H20Cl4O3/c1-16-10-17(12-21-4-8-27(35-21)23-14-19(30)2-6-25(23)32)29(34)18(11-16)13-22-5-9-28(36-22)24-15-20(31)3-7-26(24)33/h2-9,12-16H,10-11H2,1H3/b17-12+,18-13+. The van der Waals surface area contributed by atoms with E-state index in [1.807, 2.05) is 24.3 Å². The first-order chi connectivity index (χ1) is 17.3. The first-order valence-electron chi connectivity index (χ1n) is 11.3. The number of carbonyl (C=O) groups excluding carboxylic acids is 1. The Labute approximate surface area is 228 Å². The quantitative estimate of drug-likeness (QED) is 0.234. The van der Waals surface area contributed by atoms with Crippen LogP contribution in [0.5, 0.6) is 0 Å². The van der Waals surface area contributed by atoms with Crippen LogP contribution in [0, 0.1) is 5.92 Å². The molecule has 3 nitrogen and oxygen atoms in total. The number of ketones is 1. The third-order valence-corrected chi connectivity index (χ3v) is 7.12. The summed E-state index contributed by atoms with van der Waals surface area (Å²) < 4.78 is 12.0. The van der Waals surface area contributed by atoms with Crippen LogP contribution >= 0.6 is 46.4 Å². The van der Waals surface area contributed by atoms with Crippen LogP contribution in [0.2, 0.25) is 20.1 Å². The Hall–Kier alpha value is -2.69. The Morgan fingerprint density at radius 1 is 0.694 bits per heavy atom. The molecule has 4 aromatic rings. The SMILES string of the molecule is CC1C/C(=C\c2ccc(-c3cc(Cl)ccc3Cl)o2)C(=O)/C(=C/c2ccc(-c3cc(Cl)ccc3Cl)o2)C1. The smallest absolute Gasteiger partial charge is 0.185 e. The number of benzene rings is 2. The zero-order chi connectivity index (χ0) is 25.4. The molecule has 0 amide bonds. The molecule has 36 heavy (non-hydrogen) atoms. The normalized spacial score (nSPS) is 18.4. The van der Waals surface area contributed by atoms with Crippen molar-refractivity contribution >= 4 is 64.3 Å². The van der Waals surface area contributed by atoms with E-state index in [-0.39, 0.29) is 11.7 Å². The summed E-state index contributed by atoms with van der Waals surface area (Å²) in [5.41, 5.74) is 2.77. The van der Waals surface area contributed by atoms with Crippen molar-refractivity contribution in [2.75, 3.05) is 0 Å². The first-order valence-corrected chi connectivity index (χ1v) is 12.8. The number of rotatable bonds is 4. The van der Waals surface area contributed by atoms with Gasteiger partial charge in [-0.15, -0.1) is 0 Å². The van der Waals surface area contributed by atoms with Crippen molar-refractivity contribution in [2.24, 2.45) is 5.92 Å². The highest BCUT2D eigenvalue weighted by molar-refractivity contribution is 6.35.